The van der Waals surface area contributed by atoms with Gasteiger partial charge in [0.05, 0.1) is 26.4 Å². The number of carbonyl (C=O) groups is 4. The van der Waals surface area contributed by atoms with E-state index < -0.39 is 97.5 Å². The Morgan fingerprint density at radius 3 is 0.670 bits per heavy atom. The molecule has 6 atom stereocenters. The summed E-state index contributed by atoms with van der Waals surface area (Å²) in [4.78, 5) is 73.3. The minimum Gasteiger partial charge on any atom is -0.462 e. The van der Waals surface area contributed by atoms with Crippen molar-refractivity contribution >= 4 is 39.5 Å². The largest absolute Gasteiger partial charge is 0.472 e. The topological polar surface area (TPSA) is 237 Å². The summed E-state index contributed by atoms with van der Waals surface area (Å²) >= 11 is 0. The van der Waals surface area contributed by atoms with Gasteiger partial charge in [0.2, 0.25) is 0 Å². The molecule has 0 aromatic carbocycles. The lowest BCUT2D eigenvalue weighted by Crippen LogP contribution is -2.30. The fraction of sp³-hybridized carbons (Fsp3) is 0.954. The van der Waals surface area contributed by atoms with E-state index in [0.717, 1.165) is 114 Å². The van der Waals surface area contributed by atoms with Crippen molar-refractivity contribution in [3.8, 4) is 0 Å². The Balaban J connectivity index is 5.25. The van der Waals surface area contributed by atoms with Crippen LogP contribution in [0.3, 0.4) is 0 Å². The van der Waals surface area contributed by atoms with Gasteiger partial charge in [-0.25, -0.2) is 9.13 Å². The minimum absolute atomic E-state index is 0.106. The molecule has 0 amide bonds. The highest BCUT2D eigenvalue weighted by Gasteiger charge is 2.31. The smallest absolute Gasteiger partial charge is 0.462 e. The molecule has 0 fully saturated rings. The third kappa shape index (κ3) is 78.7. The molecule has 0 radical (unpaired) electrons. The van der Waals surface area contributed by atoms with Crippen LogP contribution in [-0.4, -0.2) is 96.7 Å². The van der Waals surface area contributed by atoms with Crippen molar-refractivity contribution in [3.05, 3.63) is 0 Å². The number of aliphatic hydroxyl groups excluding tert-OH is 1. The van der Waals surface area contributed by atoms with E-state index in [1.165, 1.54) is 257 Å². The SMILES string of the molecule is CCC(C)CCCCCCCCCCCCC(=O)O[C@H](COC(=O)CCCCCCCCCCCC(C)C)COP(=O)(O)OC[C@H](O)COP(=O)(O)OC[C@@H](COC(=O)CCCCCCCCCCCCCCCCCCC(C)C)OC(=O)CCCCCCCCCCCCCCCCCCCCC(C)C. The summed E-state index contributed by atoms with van der Waals surface area (Å²) in [5.74, 6) is 1.07. The maximum atomic E-state index is 13.2. The summed E-state index contributed by atoms with van der Waals surface area (Å²) in [5, 5.41) is 10.7. The number of esters is 4. The van der Waals surface area contributed by atoms with Crippen molar-refractivity contribution < 1.29 is 80.2 Å². The van der Waals surface area contributed by atoms with Gasteiger partial charge in [0.1, 0.15) is 19.3 Å². The number of ether oxygens (including phenoxy) is 4. The number of carbonyl (C=O) groups excluding carboxylic acids is 4. The summed E-state index contributed by atoms with van der Waals surface area (Å²) in [5.41, 5.74) is 0. The van der Waals surface area contributed by atoms with Crippen molar-refractivity contribution in [2.45, 2.75) is 472 Å². The van der Waals surface area contributed by atoms with Crippen molar-refractivity contribution in [2.75, 3.05) is 39.6 Å². The lowest BCUT2D eigenvalue weighted by atomic mass is 9.99. The fourth-order valence-electron chi connectivity index (χ4n) is 13.5. The first-order valence-electron chi connectivity index (χ1n) is 44.7. The molecule has 19 heteroatoms. The van der Waals surface area contributed by atoms with Crippen LogP contribution in [0, 0.1) is 23.7 Å². The summed E-state index contributed by atoms with van der Waals surface area (Å²) in [6, 6.07) is 0. The van der Waals surface area contributed by atoms with Gasteiger partial charge in [-0.05, 0) is 49.4 Å². The highest BCUT2D eigenvalue weighted by atomic mass is 31.2. The monoisotopic (exact) mass is 1550 g/mol. The second kappa shape index (κ2) is 75.7. The molecule has 0 aliphatic carbocycles. The van der Waals surface area contributed by atoms with E-state index in [0.29, 0.717) is 25.7 Å². The molecule has 0 saturated heterocycles. The highest BCUT2D eigenvalue weighted by molar-refractivity contribution is 7.47. The van der Waals surface area contributed by atoms with Crippen molar-refractivity contribution in [1.82, 2.24) is 0 Å². The van der Waals surface area contributed by atoms with E-state index in [2.05, 4.69) is 55.4 Å². The maximum absolute atomic E-state index is 13.2. The van der Waals surface area contributed by atoms with E-state index in [1.807, 2.05) is 0 Å². The zero-order valence-electron chi connectivity index (χ0n) is 70.1. The second-order valence-corrected chi connectivity index (χ2v) is 35.9. The van der Waals surface area contributed by atoms with Crippen molar-refractivity contribution in [3.63, 3.8) is 0 Å². The van der Waals surface area contributed by atoms with Gasteiger partial charge in [-0.2, -0.15) is 0 Å². The molecular formula is C87H170O17P2. The van der Waals surface area contributed by atoms with Gasteiger partial charge in [-0.15, -0.1) is 0 Å². The van der Waals surface area contributed by atoms with Gasteiger partial charge >= 0.3 is 39.5 Å². The average Bonchev–Trinajstić information content (AvgIpc) is 0.901. The number of phosphoric ester groups is 2. The number of hydrogen-bond acceptors (Lipinski definition) is 15. The molecule has 3 N–H and O–H groups in total. The van der Waals surface area contributed by atoms with Crippen LogP contribution in [0.15, 0.2) is 0 Å². The first-order valence-corrected chi connectivity index (χ1v) is 47.7. The summed E-state index contributed by atoms with van der Waals surface area (Å²) in [6.45, 7) is 14.4. The summed E-state index contributed by atoms with van der Waals surface area (Å²) in [6.07, 6.45) is 65.2. The molecule has 106 heavy (non-hydrogen) atoms. The van der Waals surface area contributed by atoms with Crippen LogP contribution in [0.2, 0.25) is 0 Å². The highest BCUT2D eigenvalue weighted by Crippen LogP contribution is 2.45. The van der Waals surface area contributed by atoms with Gasteiger partial charge in [-0.3, -0.25) is 37.3 Å². The lowest BCUT2D eigenvalue weighted by molar-refractivity contribution is -0.161. The van der Waals surface area contributed by atoms with Gasteiger partial charge < -0.3 is 33.8 Å². The van der Waals surface area contributed by atoms with E-state index >= 15 is 0 Å². The molecule has 0 saturated carbocycles. The fourth-order valence-corrected chi connectivity index (χ4v) is 15.0. The normalized spacial score (nSPS) is 14.2. The number of rotatable bonds is 84. The Labute approximate surface area is 651 Å². The van der Waals surface area contributed by atoms with Crippen LogP contribution < -0.4 is 0 Å². The number of hydrogen-bond donors (Lipinski definition) is 3. The van der Waals surface area contributed by atoms with Crippen LogP contribution >= 0.6 is 15.6 Å². The predicted octanol–water partition coefficient (Wildman–Crippen LogP) is 26.3. The number of phosphoric acid groups is 2. The van der Waals surface area contributed by atoms with E-state index in [4.69, 9.17) is 37.0 Å². The van der Waals surface area contributed by atoms with E-state index in [9.17, 15) is 43.2 Å². The van der Waals surface area contributed by atoms with Crippen LogP contribution in [0.5, 0.6) is 0 Å². The molecule has 0 spiro atoms. The number of aliphatic hydroxyl groups is 1. The molecule has 0 heterocycles. The molecule has 3 unspecified atom stereocenters. The molecule has 0 aliphatic rings. The molecule has 0 aromatic rings. The van der Waals surface area contributed by atoms with Crippen LogP contribution in [0.25, 0.3) is 0 Å². The number of unbranched alkanes of at least 4 members (excludes halogenated alkanes) is 49. The Morgan fingerprint density at radius 2 is 0.453 bits per heavy atom. The second-order valence-electron chi connectivity index (χ2n) is 33.0. The van der Waals surface area contributed by atoms with Crippen LogP contribution in [0.1, 0.15) is 453 Å². The van der Waals surface area contributed by atoms with E-state index in [1.54, 1.807) is 0 Å². The third-order valence-corrected chi connectivity index (χ3v) is 22.6. The van der Waals surface area contributed by atoms with Crippen LogP contribution in [0.4, 0.5) is 0 Å². The molecule has 630 valence electrons. The minimum atomic E-state index is -4.97. The van der Waals surface area contributed by atoms with Gasteiger partial charge in [-0.1, -0.05) is 402 Å². The predicted molar refractivity (Wildman–Crippen MR) is 437 cm³/mol. The summed E-state index contributed by atoms with van der Waals surface area (Å²) < 4.78 is 68.9. The third-order valence-electron chi connectivity index (χ3n) is 20.7. The Morgan fingerprint density at radius 1 is 0.264 bits per heavy atom. The lowest BCUT2D eigenvalue weighted by Gasteiger charge is -2.21. The Kier molecular flexibility index (Phi) is 74.3. The zero-order chi connectivity index (χ0) is 78.1. The first kappa shape index (κ1) is 104. The van der Waals surface area contributed by atoms with Gasteiger partial charge in [0.15, 0.2) is 12.2 Å². The molecule has 0 bridgehead atoms. The molecular weight excluding hydrogens is 1380 g/mol. The Hall–Kier alpha value is -1.94. The summed E-state index contributed by atoms with van der Waals surface area (Å²) in [7, 11) is -9.93. The molecule has 0 rings (SSSR count). The van der Waals surface area contributed by atoms with Crippen molar-refractivity contribution in [2.24, 2.45) is 23.7 Å². The molecule has 17 nitrogen and oxygen atoms in total. The maximum Gasteiger partial charge on any atom is 0.472 e. The quantitative estimate of drug-likeness (QED) is 0.0222. The van der Waals surface area contributed by atoms with Gasteiger partial charge in [0, 0.05) is 25.7 Å². The standard InChI is InChI=1S/C87H170O17P2/c1-9-80(8)66-58-50-42-34-28-29-37-46-54-62-70-87(92)104-83(74-98-85(90)68-60-52-44-38-30-33-41-49-57-65-79(6)7)76-102-106(95,96)100-72-81(88)71-99-105(93,94)101-75-82(73-97-84(89)67-59-51-43-35-26-22-18-15-14-17-21-25-32-40-48-56-64-78(4)5)103-86(91)69-61-53-45-36-27-23-19-13-11-10-12-16-20-24-31-39-47-55-63-77(2)3/h77-83,88H,9-76H2,1-8H3,(H,93,94)(H,95,96)/t80?,81-,82-,83-/m1/s1. The molecule has 0 aliphatic heterocycles. The first-order chi connectivity index (χ1) is 51.1. The average molecular weight is 1550 g/mol. The zero-order valence-corrected chi connectivity index (χ0v) is 71.9. The van der Waals surface area contributed by atoms with Crippen molar-refractivity contribution in [1.29, 1.82) is 0 Å². The van der Waals surface area contributed by atoms with Gasteiger partial charge in [0.25, 0.3) is 0 Å². The van der Waals surface area contributed by atoms with Crippen LogP contribution in [-0.2, 0) is 65.4 Å². The van der Waals surface area contributed by atoms with E-state index in [-0.39, 0.29) is 25.7 Å². The Bertz CT molecular complexity index is 2060. The molecule has 0 aromatic heterocycles.